The van der Waals surface area contributed by atoms with Crippen LogP contribution in [0.4, 0.5) is 4.39 Å². The first-order valence-electron chi connectivity index (χ1n) is 8.14. The quantitative estimate of drug-likeness (QED) is 0.851. The molecule has 1 aromatic carbocycles. The molecule has 0 saturated carbocycles. The first kappa shape index (κ1) is 17.8. The van der Waals surface area contributed by atoms with Gasteiger partial charge in [-0.15, -0.1) is 0 Å². The lowest BCUT2D eigenvalue weighted by Crippen LogP contribution is -2.48. The minimum Gasteiger partial charge on any atom is -0.342 e. The van der Waals surface area contributed by atoms with Gasteiger partial charge in [-0.3, -0.25) is 4.79 Å². The summed E-state index contributed by atoms with van der Waals surface area (Å²) < 4.78 is 38.1. The third kappa shape index (κ3) is 4.16. The van der Waals surface area contributed by atoms with Crippen LogP contribution in [0.2, 0.25) is 0 Å². The average molecular weight is 368 g/mol. The predicted octanol–water partition coefficient (Wildman–Crippen LogP) is 1.35. The lowest BCUT2D eigenvalue weighted by molar-refractivity contribution is -0.133. The van der Waals surface area contributed by atoms with Crippen molar-refractivity contribution in [2.75, 3.05) is 19.3 Å². The molecule has 1 atom stereocenters. The second kappa shape index (κ2) is 6.72. The molecule has 136 valence electrons. The summed E-state index contributed by atoms with van der Waals surface area (Å²) in [7, 11) is -3.42. The average Bonchev–Trinajstić information content (AvgIpc) is 2.95. The molecule has 0 spiro atoms. The number of aromatic amines is 1. The van der Waals surface area contributed by atoms with Crippen LogP contribution in [0.3, 0.4) is 0 Å². The molecule has 0 aliphatic carbocycles. The number of halogens is 1. The molecule has 1 aliphatic rings. The molecular weight excluding hydrogens is 347 g/mol. The Morgan fingerprint density at radius 3 is 2.72 bits per heavy atom. The maximum atomic E-state index is 13.3. The molecule has 25 heavy (non-hydrogen) atoms. The van der Waals surface area contributed by atoms with E-state index in [1.807, 2.05) is 0 Å². The summed E-state index contributed by atoms with van der Waals surface area (Å²) in [5, 5.41) is 0. The minimum absolute atomic E-state index is 0.165. The summed E-state index contributed by atoms with van der Waals surface area (Å²) in [6.45, 7) is 2.61. The number of carbonyl (C=O) groups is 1. The molecule has 0 bridgehead atoms. The third-order valence-corrected chi connectivity index (χ3v) is 5.20. The van der Waals surface area contributed by atoms with E-state index in [4.69, 9.17) is 0 Å². The van der Waals surface area contributed by atoms with Gasteiger partial charge in [0.15, 0.2) is 0 Å². The summed E-state index contributed by atoms with van der Waals surface area (Å²) in [6.07, 6.45) is 2.48. The molecular formula is C16H21FN4O3S. The molecule has 1 fully saturated rings. The Morgan fingerprint density at radius 2 is 2.08 bits per heavy atom. The van der Waals surface area contributed by atoms with Gasteiger partial charge in [0.05, 0.1) is 23.3 Å². The van der Waals surface area contributed by atoms with Crippen molar-refractivity contribution < 1.29 is 17.6 Å². The fraction of sp³-hybridized carbons (Fsp3) is 0.500. The second-order valence-electron chi connectivity index (χ2n) is 6.49. The van der Waals surface area contributed by atoms with Crippen LogP contribution in [0.5, 0.6) is 0 Å². The standard InChI is InChI=1S/C16H21FN4O3S/c1-10(20-25(2,23)24)16(22)21-7-5-11(6-8-21)15-18-13-4-3-12(17)9-14(13)19-15/h3-4,9-11,20H,5-8H2,1-2H3,(H,18,19)/t10-/m0/s1. The number of rotatable bonds is 4. The van der Waals surface area contributed by atoms with E-state index in [9.17, 15) is 17.6 Å². The number of sulfonamides is 1. The Labute approximate surface area is 145 Å². The summed E-state index contributed by atoms with van der Waals surface area (Å²) in [4.78, 5) is 21.7. The zero-order valence-corrected chi connectivity index (χ0v) is 14.9. The normalized spacial score (nSPS) is 17.8. The number of aromatic nitrogens is 2. The van der Waals surface area contributed by atoms with Crippen LogP contribution in [-0.4, -0.2) is 54.6 Å². The number of likely N-dealkylation sites (tertiary alicyclic amines) is 1. The zero-order chi connectivity index (χ0) is 18.2. The fourth-order valence-electron chi connectivity index (χ4n) is 3.21. The monoisotopic (exact) mass is 368 g/mol. The van der Waals surface area contributed by atoms with E-state index in [0.717, 1.165) is 30.4 Å². The van der Waals surface area contributed by atoms with Gasteiger partial charge >= 0.3 is 0 Å². The molecule has 2 heterocycles. The van der Waals surface area contributed by atoms with Crippen LogP contribution >= 0.6 is 0 Å². The number of benzene rings is 1. The number of carbonyl (C=O) groups excluding carboxylic acids is 1. The largest absolute Gasteiger partial charge is 0.342 e. The number of H-pyrrole nitrogens is 1. The molecule has 7 nitrogen and oxygen atoms in total. The second-order valence-corrected chi connectivity index (χ2v) is 8.27. The number of nitrogens with one attached hydrogen (secondary N) is 2. The number of hydrogen-bond acceptors (Lipinski definition) is 4. The lowest BCUT2D eigenvalue weighted by Gasteiger charge is -2.32. The van der Waals surface area contributed by atoms with E-state index in [1.54, 1.807) is 17.9 Å². The van der Waals surface area contributed by atoms with Crippen LogP contribution in [0.1, 0.15) is 31.5 Å². The van der Waals surface area contributed by atoms with Crippen LogP contribution in [0, 0.1) is 5.82 Å². The van der Waals surface area contributed by atoms with Crippen molar-refractivity contribution in [3.63, 3.8) is 0 Å². The van der Waals surface area contributed by atoms with E-state index < -0.39 is 16.1 Å². The number of imidazole rings is 1. The van der Waals surface area contributed by atoms with Gasteiger partial charge in [0.1, 0.15) is 11.6 Å². The first-order valence-corrected chi connectivity index (χ1v) is 10.0. The number of nitrogens with zero attached hydrogens (tertiary/aromatic N) is 2. The Kier molecular flexibility index (Phi) is 4.79. The SMILES string of the molecule is C[C@H](NS(C)(=O)=O)C(=O)N1CCC(c2nc3ccc(F)cc3[nH]2)CC1. The molecule has 0 radical (unpaired) electrons. The highest BCUT2D eigenvalue weighted by Crippen LogP contribution is 2.28. The first-order chi connectivity index (χ1) is 11.7. The predicted molar refractivity (Wildman–Crippen MR) is 92.0 cm³/mol. The third-order valence-electron chi connectivity index (χ3n) is 4.42. The van der Waals surface area contributed by atoms with Gasteiger partial charge in [-0.2, -0.15) is 0 Å². The van der Waals surface area contributed by atoms with E-state index in [1.165, 1.54) is 12.1 Å². The molecule has 0 unspecified atom stereocenters. The topological polar surface area (TPSA) is 95.2 Å². The molecule has 1 aromatic heterocycles. The van der Waals surface area contributed by atoms with Gasteiger partial charge in [0.25, 0.3) is 0 Å². The van der Waals surface area contributed by atoms with Crippen molar-refractivity contribution in [3.05, 3.63) is 29.8 Å². The van der Waals surface area contributed by atoms with Crippen molar-refractivity contribution in [2.24, 2.45) is 0 Å². The summed E-state index contributed by atoms with van der Waals surface area (Å²) in [6, 6.07) is 3.66. The van der Waals surface area contributed by atoms with E-state index in [0.29, 0.717) is 18.6 Å². The highest BCUT2D eigenvalue weighted by atomic mass is 32.2. The van der Waals surface area contributed by atoms with Crippen molar-refractivity contribution in [1.82, 2.24) is 19.6 Å². The van der Waals surface area contributed by atoms with Crippen molar-refractivity contribution in [3.8, 4) is 0 Å². The molecule has 9 heteroatoms. The molecule has 1 saturated heterocycles. The van der Waals surface area contributed by atoms with Gasteiger partial charge in [-0.1, -0.05) is 0 Å². The number of fused-ring (bicyclic) bond motifs is 1. The Hall–Kier alpha value is -2.00. The van der Waals surface area contributed by atoms with Gasteiger partial charge in [0, 0.05) is 19.0 Å². The van der Waals surface area contributed by atoms with Crippen LogP contribution < -0.4 is 4.72 Å². The summed E-state index contributed by atoms with van der Waals surface area (Å²) in [5.41, 5.74) is 1.39. The minimum atomic E-state index is -3.42. The highest BCUT2D eigenvalue weighted by Gasteiger charge is 2.29. The zero-order valence-electron chi connectivity index (χ0n) is 14.1. The smallest absolute Gasteiger partial charge is 0.240 e. The molecule has 2 aromatic rings. The van der Waals surface area contributed by atoms with Crippen LogP contribution in [0.25, 0.3) is 11.0 Å². The molecule has 3 rings (SSSR count). The van der Waals surface area contributed by atoms with E-state index in [2.05, 4.69) is 14.7 Å². The van der Waals surface area contributed by atoms with Crippen molar-refractivity contribution >= 4 is 27.0 Å². The lowest BCUT2D eigenvalue weighted by atomic mass is 9.96. The highest BCUT2D eigenvalue weighted by molar-refractivity contribution is 7.88. The van der Waals surface area contributed by atoms with Crippen LogP contribution in [0.15, 0.2) is 18.2 Å². The van der Waals surface area contributed by atoms with Gasteiger partial charge in [0.2, 0.25) is 15.9 Å². The van der Waals surface area contributed by atoms with Gasteiger partial charge in [-0.25, -0.2) is 22.5 Å². The number of piperidine rings is 1. The Bertz CT molecular complexity index is 888. The van der Waals surface area contributed by atoms with E-state index in [-0.39, 0.29) is 17.6 Å². The van der Waals surface area contributed by atoms with E-state index >= 15 is 0 Å². The fourth-order valence-corrected chi connectivity index (χ4v) is 3.96. The molecule has 1 aliphatic heterocycles. The Balaban J connectivity index is 1.63. The van der Waals surface area contributed by atoms with Gasteiger partial charge in [-0.05, 0) is 38.0 Å². The molecule has 1 amide bonds. The maximum absolute atomic E-state index is 13.3. The van der Waals surface area contributed by atoms with Crippen LogP contribution in [-0.2, 0) is 14.8 Å². The summed E-state index contributed by atoms with van der Waals surface area (Å²) in [5.74, 6) is 0.429. The van der Waals surface area contributed by atoms with Crippen molar-refractivity contribution in [2.45, 2.75) is 31.7 Å². The maximum Gasteiger partial charge on any atom is 0.240 e. The number of amides is 1. The van der Waals surface area contributed by atoms with Gasteiger partial charge < -0.3 is 9.88 Å². The Morgan fingerprint density at radius 1 is 1.40 bits per heavy atom. The summed E-state index contributed by atoms with van der Waals surface area (Å²) >= 11 is 0. The van der Waals surface area contributed by atoms with Crippen molar-refractivity contribution in [1.29, 1.82) is 0 Å². The molecule has 2 N–H and O–H groups in total. The number of hydrogen-bond donors (Lipinski definition) is 2.